The van der Waals surface area contributed by atoms with Gasteiger partial charge in [0.05, 0.1) is 16.4 Å². The molecule has 1 aromatic carbocycles. The minimum atomic E-state index is -3.74. The second-order valence-electron chi connectivity index (χ2n) is 5.28. The minimum absolute atomic E-state index is 0.0900. The molecule has 2 rings (SSSR count). The summed E-state index contributed by atoms with van der Waals surface area (Å²) in [6.45, 7) is 5.32. The summed E-state index contributed by atoms with van der Waals surface area (Å²) in [6.07, 6.45) is 0. The maximum atomic E-state index is 12.9. The van der Waals surface area contributed by atoms with Crippen LogP contribution in [0.3, 0.4) is 0 Å². The third-order valence-electron chi connectivity index (χ3n) is 3.81. The number of sulfone groups is 1. The third kappa shape index (κ3) is 2.96. The molecule has 0 bridgehead atoms. The van der Waals surface area contributed by atoms with Gasteiger partial charge in [-0.1, -0.05) is 0 Å². The zero-order valence-corrected chi connectivity index (χ0v) is 14.4. The lowest BCUT2D eigenvalue weighted by molar-refractivity contribution is 0.0515. The largest absolute Gasteiger partial charge is 0.461 e. The highest BCUT2D eigenvalue weighted by molar-refractivity contribution is 7.91. The number of aromatic nitrogens is 1. The number of anilines is 1. The molecule has 0 spiro atoms. The Labute approximate surface area is 135 Å². The highest BCUT2D eigenvalue weighted by Crippen LogP contribution is 2.28. The number of nitrogens with two attached hydrogens (primary N) is 1. The number of benzene rings is 1. The van der Waals surface area contributed by atoms with E-state index in [2.05, 4.69) is 0 Å². The van der Waals surface area contributed by atoms with E-state index < -0.39 is 15.8 Å². The second-order valence-corrected chi connectivity index (χ2v) is 7.20. The summed E-state index contributed by atoms with van der Waals surface area (Å²) in [6, 6.07) is 5.91. The fourth-order valence-electron chi connectivity index (χ4n) is 2.29. The lowest BCUT2D eigenvalue weighted by Gasteiger charge is -2.07. The Morgan fingerprint density at radius 3 is 2.48 bits per heavy atom. The standard InChI is InChI=1S/C16H20N2O4S/c1-5-22-16(19)14-9-15(11(3)18(14)4)23(20,21)12-6-7-13(17)10(2)8-12/h6-9H,5,17H2,1-4H3. The first-order valence-corrected chi connectivity index (χ1v) is 8.63. The molecule has 2 N–H and O–H groups in total. The smallest absolute Gasteiger partial charge is 0.354 e. The predicted molar refractivity (Wildman–Crippen MR) is 87.1 cm³/mol. The fraction of sp³-hybridized carbons (Fsp3) is 0.312. The van der Waals surface area contributed by atoms with E-state index in [9.17, 15) is 13.2 Å². The highest BCUT2D eigenvalue weighted by Gasteiger charge is 2.26. The van der Waals surface area contributed by atoms with Crippen molar-refractivity contribution in [1.29, 1.82) is 0 Å². The molecule has 6 nitrogen and oxygen atoms in total. The molecule has 0 amide bonds. The van der Waals surface area contributed by atoms with Gasteiger partial charge in [0.25, 0.3) is 0 Å². The first-order chi connectivity index (χ1) is 10.7. The van der Waals surface area contributed by atoms with Crippen molar-refractivity contribution in [1.82, 2.24) is 4.57 Å². The van der Waals surface area contributed by atoms with E-state index >= 15 is 0 Å². The van der Waals surface area contributed by atoms with Crippen LogP contribution in [0.15, 0.2) is 34.1 Å². The molecule has 1 heterocycles. The number of hydrogen-bond acceptors (Lipinski definition) is 5. The van der Waals surface area contributed by atoms with Crippen LogP contribution in [-0.4, -0.2) is 25.6 Å². The fourth-order valence-corrected chi connectivity index (χ4v) is 3.91. The van der Waals surface area contributed by atoms with E-state index in [1.54, 1.807) is 33.9 Å². The van der Waals surface area contributed by atoms with Gasteiger partial charge in [-0.05, 0) is 50.6 Å². The van der Waals surface area contributed by atoms with Gasteiger partial charge in [0, 0.05) is 18.4 Å². The van der Waals surface area contributed by atoms with E-state index in [0.717, 1.165) is 0 Å². The van der Waals surface area contributed by atoms with Crippen molar-refractivity contribution < 1.29 is 17.9 Å². The number of ether oxygens (including phenoxy) is 1. The molecule has 0 saturated carbocycles. The van der Waals surface area contributed by atoms with Crippen molar-refractivity contribution in [2.45, 2.75) is 30.6 Å². The lowest BCUT2D eigenvalue weighted by atomic mass is 10.2. The molecule has 7 heteroatoms. The first-order valence-electron chi connectivity index (χ1n) is 7.14. The number of carbonyl (C=O) groups is 1. The van der Waals surface area contributed by atoms with Gasteiger partial charge in [0.2, 0.25) is 9.84 Å². The summed E-state index contributed by atoms with van der Waals surface area (Å²) in [5, 5.41) is 0. The normalized spacial score (nSPS) is 11.5. The number of esters is 1. The summed E-state index contributed by atoms with van der Waals surface area (Å²) < 4.78 is 32.2. The Morgan fingerprint density at radius 2 is 1.91 bits per heavy atom. The summed E-state index contributed by atoms with van der Waals surface area (Å²) in [5.74, 6) is -0.548. The number of nitrogens with zero attached hydrogens (tertiary/aromatic N) is 1. The van der Waals surface area contributed by atoms with E-state index in [0.29, 0.717) is 16.9 Å². The van der Waals surface area contributed by atoms with Gasteiger partial charge in [0.1, 0.15) is 5.69 Å². The van der Waals surface area contributed by atoms with Gasteiger partial charge < -0.3 is 15.0 Å². The van der Waals surface area contributed by atoms with Crippen molar-refractivity contribution in [3.63, 3.8) is 0 Å². The van der Waals surface area contributed by atoms with Crippen LogP contribution in [0.25, 0.3) is 0 Å². The lowest BCUT2D eigenvalue weighted by Crippen LogP contribution is -2.10. The Bertz CT molecular complexity index is 866. The summed E-state index contributed by atoms with van der Waals surface area (Å²) in [5.41, 5.74) is 7.63. The molecule has 2 aromatic rings. The number of carbonyl (C=O) groups excluding carboxylic acids is 1. The highest BCUT2D eigenvalue weighted by atomic mass is 32.2. The van der Waals surface area contributed by atoms with Gasteiger partial charge in [-0.2, -0.15) is 0 Å². The Kier molecular flexibility index (Phi) is 4.51. The molecule has 0 unspecified atom stereocenters. The Hall–Kier alpha value is -2.28. The van der Waals surface area contributed by atoms with Crippen LogP contribution in [0.2, 0.25) is 0 Å². The van der Waals surface area contributed by atoms with Crippen molar-refractivity contribution in [3.8, 4) is 0 Å². The molecule has 0 atom stereocenters. The maximum absolute atomic E-state index is 12.9. The van der Waals surface area contributed by atoms with E-state index in [1.807, 2.05) is 0 Å². The van der Waals surface area contributed by atoms with E-state index in [-0.39, 0.29) is 22.1 Å². The average molecular weight is 336 g/mol. The van der Waals surface area contributed by atoms with Crippen molar-refractivity contribution in [2.24, 2.45) is 7.05 Å². The SMILES string of the molecule is CCOC(=O)c1cc(S(=O)(=O)c2ccc(N)c(C)c2)c(C)n1C. The van der Waals surface area contributed by atoms with Crippen LogP contribution in [0.5, 0.6) is 0 Å². The van der Waals surface area contributed by atoms with E-state index in [1.165, 1.54) is 22.8 Å². The molecule has 0 aliphatic rings. The number of nitrogen functional groups attached to an aromatic ring is 1. The molecule has 0 aliphatic carbocycles. The van der Waals surface area contributed by atoms with Crippen LogP contribution in [0, 0.1) is 13.8 Å². The summed E-state index contributed by atoms with van der Waals surface area (Å²) >= 11 is 0. The molecule has 0 saturated heterocycles. The van der Waals surface area contributed by atoms with Gasteiger partial charge in [-0.3, -0.25) is 0 Å². The average Bonchev–Trinajstić information content (AvgIpc) is 2.79. The second kappa shape index (κ2) is 6.08. The minimum Gasteiger partial charge on any atom is -0.461 e. The number of hydrogen-bond donors (Lipinski definition) is 1. The van der Waals surface area contributed by atoms with Crippen molar-refractivity contribution >= 4 is 21.5 Å². The monoisotopic (exact) mass is 336 g/mol. The van der Waals surface area contributed by atoms with Crippen LogP contribution >= 0.6 is 0 Å². The first kappa shape index (κ1) is 17.1. The van der Waals surface area contributed by atoms with Gasteiger partial charge in [-0.15, -0.1) is 0 Å². The topological polar surface area (TPSA) is 91.4 Å². The molecule has 0 aliphatic heterocycles. The van der Waals surface area contributed by atoms with Crippen molar-refractivity contribution in [2.75, 3.05) is 12.3 Å². The van der Waals surface area contributed by atoms with Gasteiger partial charge >= 0.3 is 5.97 Å². The zero-order chi connectivity index (χ0) is 17.4. The van der Waals surface area contributed by atoms with Gasteiger partial charge in [0.15, 0.2) is 0 Å². The molecular formula is C16H20N2O4S. The van der Waals surface area contributed by atoms with Crippen LogP contribution in [-0.2, 0) is 21.6 Å². The molecule has 0 radical (unpaired) electrons. The predicted octanol–water partition coefficient (Wildman–Crippen LogP) is 2.23. The van der Waals surface area contributed by atoms with Crippen molar-refractivity contribution in [3.05, 3.63) is 41.2 Å². The van der Waals surface area contributed by atoms with Crippen LogP contribution in [0.4, 0.5) is 5.69 Å². The third-order valence-corrected chi connectivity index (χ3v) is 5.68. The molecular weight excluding hydrogens is 316 g/mol. The molecule has 0 fully saturated rings. The summed E-state index contributed by atoms with van der Waals surface area (Å²) in [7, 11) is -2.11. The van der Waals surface area contributed by atoms with E-state index in [4.69, 9.17) is 10.5 Å². The summed E-state index contributed by atoms with van der Waals surface area (Å²) in [4.78, 5) is 12.2. The zero-order valence-electron chi connectivity index (χ0n) is 13.6. The maximum Gasteiger partial charge on any atom is 0.354 e. The quantitative estimate of drug-likeness (QED) is 0.683. The number of rotatable bonds is 4. The molecule has 23 heavy (non-hydrogen) atoms. The van der Waals surface area contributed by atoms with Gasteiger partial charge in [-0.25, -0.2) is 13.2 Å². The Morgan fingerprint density at radius 1 is 1.26 bits per heavy atom. The number of aryl methyl sites for hydroxylation is 1. The molecule has 124 valence electrons. The molecule has 1 aromatic heterocycles. The van der Waals surface area contributed by atoms with Crippen LogP contribution < -0.4 is 5.73 Å². The van der Waals surface area contributed by atoms with Crippen LogP contribution in [0.1, 0.15) is 28.7 Å². The Balaban J connectivity index is 2.58.